The van der Waals surface area contributed by atoms with Gasteiger partial charge in [-0.3, -0.25) is 0 Å². The maximum Gasteiger partial charge on any atom is 0.252 e. The van der Waals surface area contributed by atoms with E-state index in [9.17, 15) is 0 Å². The number of benzene rings is 8. The number of anilines is 6. The molecule has 5 heteroatoms. The van der Waals surface area contributed by atoms with Gasteiger partial charge in [-0.1, -0.05) is 173 Å². The number of rotatable bonds is 4. The van der Waals surface area contributed by atoms with Crippen molar-refractivity contribution in [2.75, 3.05) is 9.80 Å². The van der Waals surface area contributed by atoms with Crippen LogP contribution in [0, 0.1) is 13.8 Å². The molecule has 0 bridgehead atoms. The van der Waals surface area contributed by atoms with Gasteiger partial charge in [-0.05, 0) is 140 Å². The van der Waals surface area contributed by atoms with Crippen molar-refractivity contribution < 1.29 is 0 Å². The second-order valence-corrected chi connectivity index (χ2v) is 25.8. The fraction of sp³-hybridized carbons (Fsp3) is 0.254. The lowest BCUT2D eigenvalue weighted by atomic mass is 9.33. The summed E-state index contributed by atoms with van der Waals surface area (Å²) in [5, 5.41) is 4.01. The molecule has 0 saturated carbocycles. The van der Waals surface area contributed by atoms with Gasteiger partial charge in [0, 0.05) is 71.5 Å². The van der Waals surface area contributed by atoms with Gasteiger partial charge < -0.3 is 14.4 Å². The Morgan fingerprint density at radius 3 is 1.83 bits per heavy atom. The van der Waals surface area contributed by atoms with E-state index in [2.05, 4.69) is 256 Å². The van der Waals surface area contributed by atoms with Gasteiger partial charge in [0.1, 0.15) is 0 Å². The predicted molar refractivity (Wildman–Crippen MR) is 313 cm³/mol. The lowest BCUT2D eigenvalue weighted by molar-refractivity contribution is 0.590. The zero-order valence-corrected chi connectivity index (χ0v) is 45.1. The van der Waals surface area contributed by atoms with Gasteiger partial charge in [-0.25, -0.2) is 0 Å². The van der Waals surface area contributed by atoms with Crippen LogP contribution in [-0.2, 0) is 21.7 Å². The summed E-state index contributed by atoms with van der Waals surface area (Å²) in [5.74, 6) is 0. The molecule has 0 N–H and O–H groups in total. The number of aromatic nitrogens is 1. The Kier molecular flexibility index (Phi) is 9.47. The Balaban J connectivity index is 1.20. The van der Waals surface area contributed by atoms with E-state index in [-0.39, 0.29) is 28.4 Å². The average Bonchev–Trinajstić information content (AvgIpc) is 3.97. The highest BCUT2D eigenvalue weighted by atomic mass is 32.1. The predicted octanol–water partition coefficient (Wildman–Crippen LogP) is 16.9. The molecular weight excluding hydrogens is 890 g/mol. The van der Waals surface area contributed by atoms with Crippen molar-refractivity contribution in [3.05, 3.63) is 191 Å². The maximum absolute atomic E-state index is 2.73. The Morgan fingerprint density at radius 1 is 0.514 bits per heavy atom. The van der Waals surface area contributed by atoms with Gasteiger partial charge in [0.15, 0.2) is 0 Å². The molecule has 0 radical (unpaired) electrons. The van der Waals surface area contributed by atoms with E-state index in [1.54, 1.807) is 0 Å². The van der Waals surface area contributed by atoms with Crippen molar-refractivity contribution in [3.63, 3.8) is 0 Å². The minimum absolute atomic E-state index is 0.0173. The second kappa shape index (κ2) is 15.1. The van der Waals surface area contributed by atoms with Crippen molar-refractivity contribution in [1.82, 2.24) is 4.57 Å². The lowest BCUT2D eigenvalue weighted by Gasteiger charge is -2.42. The van der Waals surface area contributed by atoms with E-state index in [1.165, 1.54) is 132 Å². The summed E-state index contributed by atoms with van der Waals surface area (Å²) in [6.07, 6.45) is 0. The number of hydrogen-bond donors (Lipinski definition) is 0. The molecule has 0 fully saturated rings. The first-order valence-corrected chi connectivity index (χ1v) is 26.9. The van der Waals surface area contributed by atoms with E-state index in [1.807, 2.05) is 11.3 Å². The zero-order valence-electron chi connectivity index (χ0n) is 44.3. The molecular formula is C67H64BN3S. The van der Waals surface area contributed by atoms with Crippen molar-refractivity contribution in [2.24, 2.45) is 0 Å². The Hall–Kier alpha value is -6.82. The molecule has 8 aromatic carbocycles. The highest BCUT2D eigenvalue weighted by molar-refractivity contribution is 7.26. The van der Waals surface area contributed by atoms with Crippen LogP contribution in [0.25, 0.3) is 48.0 Å². The molecule has 3 nitrogen and oxygen atoms in total. The van der Waals surface area contributed by atoms with Crippen LogP contribution in [0.1, 0.15) is 115 Å². The molecule has 0 unspecified atom stereocenters. The van der Waals surface area contributed by atoms with Crippen molar-refractivity contribution in [1.29, 1.82) is 0 Å². The molecule has 356 valence electrons. The molecule has 0 spiro atoms. The first-order chi connectivity index (χ1) is 34.2. The summed E-state index contributed by atoms with van der Waals surface area (Å²) in [6, 6.07) is 58.9. The first-order valence-electron chi connectivity index (χ1n) is 26.0. The monoisotopic (exact) mass is 953 g/mol. The van der Waals surface area contributed by atoms with Gasteiger partial charge in [-0.15, -0.1) is 11.3 Å². The fourth-order valence-electron chi connectivity index (χ4n) is 12.8. The molecule has 2 aromatic heterocycles. The second-order valence-electron chi connectivity index (χ2n) is 24.8. The largest absolute Gasteiger partial charge is 0.310 e. The third-order valence-corrected chi connectivity index (χ3v) is 17.8. The molecule has 4 heterocycles. The van der Waals surface area contributed by atoms with Crippen LogP contribution >= 0.6 is 11.3 Å². The fourth-order valence-corrected chi connectivity index (χ4v) is 14.0. The standard InChI is InChI=1S/C67H64BN3S/c1-39-21-14-18-26-52(39)69(53-27-19-15-22-40(53)2)44-30-32-50-55(38-44)70(54-28-20-24-46-45-31-29-41(64(3,4)5)37-58(45)72-63(46)54)56-35-43(66(9,10)11)36-57-60(56)68(50)51-34-42(65(6,7)8)33-48-59-62(71(57)61(48)51)47-23-16-17-25-49(47)67(59,12)13/h14-38H,1-13H3. The van der Waals surface area contributed by atoms with Gasteiger partial charge in [0.05, 0.1) is 16.1 Å². The third-order valence-electron chi connectivity index (χ3n) is 16.6. The van der Waals surface area contributed by atoms with Gasteiger partial charge in [-0.2, -0.15) is 0 Å². The summed E-state index contributed by atoms with van der Waals surface area (Å²) >= 11 is 1.95. The molecule has 3 aliphatic rings. The first kappa shape index (κ1) is 45.1. The highest BCUT2D eigenvalue weighted by Gasteiger charge is 2.48. The minimum atomic E-state index is -0.190. The van der Waals surface area contributed by atoms with Crippen molar-refractivity contribution >= 4 is 99.6 Å². The number of aryl methyl sites for hydroxylation is 2. The van der Waals surface area contributed by atoms with Gasteiger partial charge >= 0.3 is 0 Å². The van der Waals surface area contributed by atoms with E-state index < -0.39 is 0 Å². The molecule has 0 amide bonds. The van der Waals surface area contributed by atoms with Crippen LogP contribution in [0.15, 0.2) is 152 Å². The smallest absolute Gasteiger partial charge is 0.252 e. The summed E-state index contributed by atoms with van der Waals surface area (Å²) in [5.41, 5.74) is 25.7. The SMILES string of the molecule is Cc1ccccc1N(c1ccc2c(c1)N(c1cccc3c1sc1cc(C(C)(C)C)ccc13)c1cc(C(C)(C)C)cc3c1B2c1cc(C(C)(C)C)cc2c4c(n-3c12)-c1ccccc1C4(C)C)c1ccccc1C. The Morgan fingerprint density at radius 2 is 1.15 bits per heavy atom. The summed E-state index contributed by atoms with van der Waals surface area (Å²) in [6.45, 7) is 30.7. The zero-order chi connectivity index (χ0) is 50.1. The lowest BCUT2D eigenvalue weighted by Crippen LogP contribution is -2.60. The summed E-state index contributed by atoms with van der Waals surface area (Å²) in [4.78, 5) is 5.19. The van der Waals surface area contributed by atoms with Crippen molar-refractivity contribution in [3.8, 4) is 16.9 Å². The molecule has 72 heavy (non-hydrogen) atoms. The van der Waals surface area contributed by atoms with Gasteiger partial charge in [0.25, 0.3) is 6.71 Å². The average molecular weight is 954 g/mol. The van der Waals surface area contributed by atoms with Gasteiger partial charge in [0.2, 0.25) is 0 Å². The molecule has 1 aliphatic carbocycles. The maximum atomic E-state index is 2.73. The Bertz CT molecular complexity index is 3910. The third kappa shape index (κ3) is 6.35. The van der Waals surface area contributed by atoms with Crippen LogP contribution in [0.4, 0.5) is 34.1 Å². The number of thiophene rings is 1. The Labute approximate surface area is 430 Å². The normalized spacial score (nSPS) is 14.5. The molecule has 13 rings (SSSR count). The van der Waals surface area contributed by atoms with E-state index in [4.69, 9.17) is 0 Å². The van der Waals surface area contributed by atoms with Crippen molar-refractivity contribution in [2.45, 2.75) is 112 Å². The summed E-state index contributed by atoms with van der Waals surface area (Å²) in [7, 11) is 0. The van der Waals surface area contributed by atoms with Crippen LogP contribution < -0.4 is 26.2 Å². The molecule has 0 atom stereocenters. The quantitative estimate of drug-likeness (QED) is 0.163. The number of fused-ring (bicyclic) bond motifs is 12. The van der Waals surface area contributed by atoms with Crippen LogP contribution in [0.2, 0.25) is 0 Å². The van der Waals surface area contributed by atoms with E-state index >= 15 is 0 Å². The van der Waals surface area contributed by atoms with Crippen LogP contribution in [-0.4, -0.2) is 11.3 Å². The topological polar surface area (TPSA) is 11.4 Å². The van der Waals surface area contributed by atoms with Crippen LogP contribution in [0.3, 0.4) is 0 Å². The molecule has 10 aromatic rings. The van der Waals surface area contributed by atoms with E-state index in [0.717, 1.165) is 5.69 Å². The number of para-hydroxylation sites is 2. The van der Waals surface area contributed by atoms with Crippen LogP contribution in [0.5, 0.6) is 0 Å². The summed E-state index contributed by atoms with van der Waals surface area (Å²) < 4.78 is 5.37. The highest BCUT2D eigenvalue weighted by Crippen LogP contribution is 2.56. The molecule has 0 saturated heterocycles. The molecule has 2 aliphatic heterocycles. The minimum Gasteiger partial charge on any atom is -0.310 e. The van der Waals surface area contributed by atoms with E-state index in [0.29, 0.717) is 0 Å². The number of hydrogen-bond acceptors (Lipinski definition) is 3. The number of nitrogens with zero attached hydrogens (tertiary/aromatic N) is 3.